The minimum Gasteiger partial charge on any atom is -0.490 e. The number of carboxylic acid groups (broad SMARTS) is 1. The number of aromatic nitrogens is 2. The average Bonchev–Trinajstić information content (AvgIpc) is 3.33. The molecule has 0 bridgehead atoms. The number of para-hydroxylation sites is 1. The van der Waals surface area contributed by atoms with Gasteiger partial charge in [-0.15, -0.1) is 0 Å². The summed E-state index contributed by atoms with van der Waals surface area (Å²) in [6, 6.07) is 17.3. The fourth-order valence-corrected chi connectivity index (χ4v) is 4.64. The van der Waals surface area contributed by atoms with Crippen molar-refractivity contribution in [3.8, 4) is 23.1 Å². The molecule has 0 saturated heterocycles. The van der Waals surface area contributed by atoms with Crippen LogP contribution in [0.3, 0.4) is 0 Å². The third-order valence-electron chi connectivity index (χ3n) is 5.75. The third-order valence-corrected chi connectivity index (χ3v) is 6.57. The molecular weight excluding hydrogens is 590 g/mol. The van der Waals surface area contributed by atoms with Crippen molar-refractivity contribution in [2.45, 2.75) is 20.0 Å². The molecule has 0 fully saturated rings. The minimum atomic E-state index is -1.11. The third kappa shape index (κ3) is 5.39. The van der Waals surface area contributed by atoms with Gasteiger partial charge >= 0.3 is 5.97 Å². The van der Waals surface area contributed by atoms with Crippen LogP contribution in [0, 0.1) is 0 Å². The maximum absolute atomic E-state index is 13.5. The highest BCUT2D eigenvalue weighted by Gasteiger charge is 2.20. The van der Waals surface area contributed by atoms with Gasteiger partial charge in [0.05, 0.1) is 28.2 Å². The van der Waals surface area contributed by atoms with Crippen molar-refractivity contribution in [2.24, 2.45) is 5.10 Å². The van der Waals surface area contributed by atoms with E-state index >= 15 is 0 Å². The molecular formula is C28H21BrClN3O6. The number of carbonyl (C=O) groups is 1. The van der Waals surface area contributed by atoms with Gasteiger partial charge in [-0.1, -0.05) is 23.7 Å². The number of furan rings is 1. The molecule has 0 amide bonds. The van der Waals surface area contributed by atoms with Crippen molar-refractivity contribution in [3.63, 3.8) is 0 Å². The molecule has 3 aromatic carbocycles. The van der Waals surface area contributed by atoms with E-state index in [4.69, 9.17) is 25.5 Å². The van der Waals surface area contributed by atoms with E-state index in [2.05, 4.69) is 26.0 Å². The molecule has 1 N–H and O–H groups in total. The molecule has 5 rings (SSSR count). The summed E-state index contributed by atoms with van der Waals surface area (Å²) >= 11 is 9.57. The van der Waals surface area contributed by atoms with Crippen molar-refractivity contribution < 1.29 is 23.8 Å². The molecule has 198 valence electrons. The zero-order valence-electron chi connectivity index (χ0n) is 20.7. The lowest BCUT2D eigenvalue weighted by Gasteiger charge is -2.17. The molecule has 1 atom stereocenters. The van der Waals surface area contributed by atoms with Crippen LogP contribution in [-0.2, 0) is 4.79 Å². The topological polar surface area (TPSA) is 116 Å². The van der Waals surface area contributed by atoms with E-state index in [1.807, 2.05) is 0 Å². The van der Waals surface area contributed by atoms with Crippen molar-refractivity contribution >= 4 is 61.6 Å². The molecule has 0 saturated carbocycles. The summed E-state index contributed by atoms with van der Waals surface area (Å²) in [5.74, 6) is 0.00452. The maximum atomic E-state index is 13.5. The van der Waals surface area contributed by atoms with Gasteiger partial charge in [-0.3, -0.25) is 4.79 Å². The molecule has 0 aliphatic carbocycles. The molecule has 2 heterocycles. The number of halogens is 2. The van der Waals surface area contributed by atoms with E-state index in [9.17, 15) is 14.7 Å². The van der Waals surface area contributed by atoms with Crippen LogP contribution in [0.2, 0.25) is 5.02 Å². The summed E-state index contributed by atoms with van der Waals surface area (Å²) in [6.07, 6.45) is 0.377. The Hall–Kier alpha value is -4.15. The Bertz CT molecular complexity index is 1810. The Morgan fingerprint density at radius 2 is 2.03 bits per heavy atom. The second-order valence-electron chi connectivity index (χ2n) is 8.47. The summed E-state index contributed by atoms with van der Waals surface area (Å²) in [5.41, 5.74) is 1.26. The Labute approximate surface area is 235 Å². The molecule has 0 aliphatic rings. The quantitative estimate of drug-likeness (QED) is 0.203. The summed E-state index contributed by atoms with van der Waals surface area (Å²) in [4.78, 5) is 29.5. The fraction of sp³-hybridized carbons (Fsp3) is 0.143. The van der Waals surface area contributed by atoms with Gasteiger partial charge in [-0.05, 0) is 83.9 Å². The summed E-state index contributed by atoms with van der Waals surface area (Å²) in [6.45, 7) is 3.54. The fourth-order valence-electron chi connectivity index (χ4n) is 3.91. The van der Waals surface area contributed by atoms with E-state index in [1.165, 1.54) is 17.8 Å². The van der Waals surface area contributed by atoms with Crippen LogP contribution >= 0.6 is 27.5 Å². The highest BCUT2D eigenvalue weighted by atomic mass is 79.9. The first-order chi connectivity index (χ1) is 18.7. The number of fused-ring (bicyclic) bond motifs is 2. The number of nitrogens with zero attached hydrogens (tertiary/aromatic N) is 3. The molecule has 11 heteroatoms. The van der Waals surface area contributed by atoms with E-state index in [1.54, 1.807) is 67.6 Å². The largest absolute Gasteiger partial charge is 0.490 e. The SMILES string of the molecule is CCOc1cc(C=Nn2c(-c3cc4cc(Cl)ccc4o3)nc3ccccc3c2=O)cc(Br)c1O[C@@H](C)C(=O)O. The molecule has 2 aromatic heterocycles. The monoisotopic (exact) mass is 609 g/mol. The smallest absolute Gasteiger partial charge is 0.344 e. The summed E-state index contributed by atoms with van der Waals surface area (Å²) < 4.78 is 18.9. The van der Waals surface area contributed by atoms with Crippen LogP contribution in [-0.4, -0.2) is 39.7 Å². The first-order valence-corrected chi connectivity index (χ1v) is 13.0. The lowest BCUT2D eigenvalue weighted by Crippen LogP contribution is -2.23. The van der Waals surface area contributed by atoms with Crippen LogP contribution < -0.4 is 15.0 Å². The molecule has 0 spiro atoms. The number of ether oxygens (including phenoxy) is 2. The van der Waals surface area contributed by atoms with Crippen LogP contribution in [0.15, 0.2) is 79.4 Å². The first-order valence-electron chi connectivity index (χ1n) is 11.9. The zero-order chi connectivity index (χ0) is 27.7. The average molecular weight is 611 g/mol. The van der Waals surface area contributed by atoms with Gasteiger partial charge in [0.1, 0.15) is 5.58 Å². The normalized spacial score (nSPS) is 12.3. The highest BCUT2D eigenvalue weighted by Crippen LogP contribution is 2.37. The van der Waals surface area contributed by atoms with Gasteiger partial charge < -0.3 is 19.0 Å². The van der Waals surface area contributed by atoms with Crippen LogP contribution in [0.25, 0.3) is 33.5 Å². The molecule has 9 nitrogen and oxygen atoms in total. The van der Waals surface area contributed by atoms with Gasteiger partial charge in [0.2, 0.25) is 5.82 Å². The van der Waals surface area contributed by atoms with Crippen molar-refractivity contribution in [1.29, 1.82) is 0 Å². The van der Waals surface area contributed by atoms with Gasteiger partial charge in [0.25, 0.3) is 5.56 Å². The molecule has 0 unspecified atom stereocenters. The molecule has 0 aliphatic heterocycles. The number of rotatable bonds is 8. The first kappa shape index (κ1) is 26.5. The summed E-state index contributed by atoms with van der Waals surface area (Å²) in [5, 5.41) is 15.4. The lowest BCUT2D eigenvalue weighted by atomic mass is 10.2. The van der Waals surface area contributed by atoms with Gasteiger partial charge in [0, 0.05) is 10.4 Å². The van der Waals surface area contributed by atoms with Crippen LogP contribution in [0.4, 0.5) is 0 Å². The maximum Gasteiger partial charge on any atom is 0.344 e. The van der Waals surface area contributed by atoms with E-state index in [0.717, 1.165) is 5.39 Å². The second-order valence-corrected chi connectivity index (χ2v) is 9.76. The van der Waals surface area contributed by atoms with Gasteiger partial charge in [-0.2, -0.15) is 9.78 Å². The minimum absolute atomic E-state index is 0.210. The number of carboxylic acids is 1. The van der Waals surface area contributed by atoms with Gasteiger partial charge in [0.15, 0.2) is 23.4 Å². The predicted octanol–water partition coefficient (Wildman–Crippen LogP) is 6.36. The molecule has 5 aromatic rings. The lowest BCUT2D eigenvalue weighted by molar-refractivity contribution is -0.144. The predicted molar refractivity (Wildman–Crippen MR) is 152 cm³/mol. The van der Waals surface area contributed by atoms with Crippen molar-refractivity contribution in [3.05, 3.63) is 86.1 Å². The Morgan fingerprint density at radius 1 is 1.23 bits per heavy atom. The number of aliphatic carboxylic acids is 1. The number of benzene rings is 3. The number of hydrogen-bond acceptors (Lipinski definition) is 7. The molecule has 39 heavy (non-hydrogen) atoms. The molecule has 0 radical (unpaired) electrons. The standard InChI is InChI=1S/C28H21BrClN3O6/c1-3-37-23-11-16(10-20(29)25(23)38-15(2)28(35)36)14-31-33-26(32-21-7-5-4-6-19(21)27(33)34)24-13-17-12-18(30)8-9-22(17)39-24/h4-15H,3H2,1-2H3,(H,35,36)/t15-/m0/s1. The Morgan fingerprint density at radius 3 is 2.79 bits per heavy atom. The van der Waals surface area contributed by atoms with Crippen LogP contribution in [0.5, 0.6) is 11.5 Å². The summed E-state index contributed by atoms with van der Waals surface area (Å²) in [7, 11) is 0. The van der Waals surface area contributed by atoms with Gasteiger partial charge in [-0.25, -0.2) is 9.78 Å². The van der Waals surface area contributed by atoms with E-state index in [-0.39, 0.29) is 17.1 Å². The Balaban J connectivity index is 1.63. The Kier molecular flexibility index (Phi) is 7.40. The highest BCUT2D eigenvalue weighted by molar-refractivity contribution is 9.10. The zero-order valence-corrected chi connectivity index (χ0v) is 23.1. The van der Waals surface area contributed by atoms with Crippen molar-refractivity contribution in [1.82, 2.24) is 9.66 Å². The van der Waals surface area contributed by atoms with Crippen molar-refractivity contribution in [2.75, 3.05) is 6.61 Å². The van der Waals surface area contributed by atoms with E-state index in [0.29, 0.717) is 49.7 Å². The van der Waals surface area contributed by atoms with Crippen LogP contribution in [0.1, 0.15) is 19.4 Å². The van der Waals surface area contributed by atoms with E-state index < -0.39 is 12.1 Å². The second kappa shape index (κ2) is 10.9. The number of hydrogen-bond donors (Lipinski definition) is 1.